The summed E-state index contributed by atoms with van der Waals surface area (Å²) < 4.78 is 17.3. The van der Waals surface area contributed by atoms with Gasteiger partial charge < -0.3 is 29.7 Å². The number of amides is 1. The first-order valence-electron chi connectivity index (χ1n) is 13.1. The molecule has 12 nitrogen and oxygen atoms in total. The number of carbonyl (C=O) groups excluding carboxylic acids is 1. The van der Waals surface area contributed by atoms with Crippen LogP contribution in [0.2, 0.25) is 0 Å². The summed E-state index contributed by atoms with van der Waals surface area (Å²) in [7, 11) is 3.02. The van der Waals surface area contributed by atoms with E-state index in [4.69, 9.17) is 14.2 Å². The Kier molecular flexibility index (Phi) is 8.03. The van der Waals surface area contributed by atoms with Crippen molar-refractivity contribution in [1.82, 2.24) is 29.7 Å². The summed E-state index contributed by atoms with van der Waals surface area (Å²) >= 11 is 0. The van der Waals surface area contributed by atoms with Crippen LogP contribution in [0.15, 0.2) is 30.7 Å². The van der Waals surface area contributed by atoms with E-state index in [9.17, 15) is 4.79 Å². The fourth-order valence-electron chi connectivity index (χ4n) is 4.78. The van der Waals surface area contributed by atoms with E-state index in [1.54, 1.807) is 22.9 Å². The molecule has 0 bridgehead atoms. The van der Waals surface area contributed by atoms with E-state index in [1.807, 2.05) is 19.2 Å². The van der Waals surface area contributed by atoms with Crippen LogP contribution in [0.3, 0.4) is 0 Å². The Morgan fingerprint density at radius 3 is 2.64 bits per heavy atom. The first kappa shape index (κ1) is 26.6. The lowest BCUT2D eigenvalue weighted by molar-refractivity contribution is 0.102. The van der Waals surface area contributed by atoms with Crippen LogP contribution in [0.1, 0.15) is 35.8 Å². The maximum atomic E-state index is 13.4. The van der Waals surface area contributed by atoms with Crippen LogP contribution in [-0.4, -0.2) is 83.4 Å². The zero-order valence-corrected chi connectivity index (χ0v) is 22.7. The number of imidazole rings is 1. The van der Waals surface area contributed by atoms with Gasteiger partial charge in [-0.25, -0.2) is 9.97 Å². The monoisotopic (exact) mass is 534 g/mol. The molecule has 5 heterocycles. The molecule has 6 rings (SSSR count). The van der Waals surface area contributed by atoms with E-state index in [2.05, 4.69) is 42.4 Å². The first-order valence-corrected chi connectivity index (χ1v) is 13.1. The Bertz CT molecular complexity index is 1460. The number of aromatic nitrogens is 5. The molecule has 4 aromatic rings. The van der Waals surface area contributed by atoms with E-state index in [1.165, 1.54) is 27.1 Å². The normalized spacial score (nSPS) is 17.1. The van der Waals surface area contributed by atoms with Crippen LogP contribution >= 0.6 is 0 Å². The lowest BCUT2D eigenvalue weighted by Gasteiger charge is -2.34. The molecule has 2 fully saturated rings. The van der Waals surface area contributed by atoms with Crippen LogP contribution in [0, 0.1) is 6.92 Å². The van der Waals surface area contributed by atoms with Gasteiger partial charge >= 0.3 is 6.01 Å². The molecule has 1 amide bonds. The van der Waals surface area contributed by atoms with E-state index < -0.39 is 0 Å². The number of hydrogen-bond donors (Lipinski definition) is 2. The number of fused-ring (bicyclic) bond motifs is 2. The minimum Gasteiger partial charge on any atom is -0.478 e. The number of ether oxygens (including phenoxy) is 3. The largest absolute Gasteiger partial charge is 0.478 e. The van der Waals surface area contributed by atoms with Gasteiger partial charge in [-0.3, -0.25) is 9.20 Å². The Morgan fingerprint density at radius 2 is 1.95 bits per heavy atom. The molecular formula is C27H34N8O4. The third-order valence-electron chi connectivity index (χ3n) is 6.63. The summed E-state index contributed by atoms with van der Waals surface area (Å²) in [5, 5.41) is 7.10. The fourth-order valence-corrected chi connectivity index (χ4v) is 4.78. The molecule has 0 aliphatic carbocycles. The summed E-state index contributed by atoms with van der Waals surface area (Å²) in [6, 6.07) is 4.28. The zero-order valence-electron chi connectivity index (χ0n) is 22.7. The van der Waals surface area contributed by atoms with E-state index >= 15 is 0 Å². The Labute approximate surface area is 226 Å². The quantitative estimate of drug-likeness (QED) is 0.394. The number of methoxy groups -OCH3 is 2. The van der Waals surface area contributed by atoms with Crippen molar-refractivity contribution in [2.24, 2.45) is 0 Å². The number of carbonyl (C=O) groups is 1. The highest BCUT2D eigenvalue weighted by atomic mass is 16.5. The van der Waals surface area contributed by atoms with Crippen molar-refractivity contribution in [3.8, 4) is 11.9 Å². The molecule has 2 saturated heterocycles. The Balaban J connectivity index is 0.000000555. The first-order chi connectivity index (χ1) is 19.0. The third kappa shape index (κ3) is 5.86. The summed E-state index contributed by atoms with van der Waals surface area (Å²) in [4.78, 5) is 33.3. The predicted molar refractivity (Wildman–Crippen MR) is 148 cm³/mol. The number of rotatable bonds is 5. The summed E-state index contributed by atoms with van der Waals surface area (Å²) in [6.07, 6.45) is 7.80. The van der Waals surface area contributed by atoms with Crippen LogP contribution in [0.5, 0.6) is 11.9 Å². The molecule has 39 heavy (non-hydrogen) atoms. The van der Waals surface area contributed by atoms with Gasteiger partial charge in [-0.1, -0.05) is 0 Å². The van der Waals surface area contributed by atoms with Gasteiger partial charge in [-0.15, -0.1) is 0 Å². The van der Waals surface area contributed by atoms with Gasteiger partial charge in [0.2, 0.25) is 5.65 Å². The van der Waals surface area contributed by atoms with Crippen LogP contribution in [-0.2, 0) is 4.74 Å². The maximum Gasteiger partial charge on any atom is 0.316 e. The third-order valence-corrected chi connectivity index (χ3v) is 6.63. The molecule has 1 unspecified atom stereocenters. The SMILES string of the molecule is C1CCOC1.COc1ncc2c(N3CCNC(C)C3)ccc(C(=O)Nc3cn4cc(C)nc4c(OC)n3)c2n1. The molecule has 12 heteroatoms. The van der Waals surface area contributed by atoms with Crippen molar-refractivity contribution in [3.05, 3.63) is 42.0 Å². The van der Waals surface area contributed by atoms with Crippen molar-refractivity contribution >= 4 is 34.0 Å². The number of nitrogens with one attached hydrogen (secondary N) is 2. The van der Waals surface area contributed by atoms with Crippen LogP contribution < -0.4 is 25.0 Å². The molecule has 2 aliphatic heterocycles. The second-order valence-corrected chi connectivity index (χ2v) is 9.57. The van der Waals surface area contributed by atoms with E-state index in [0.29, 0.717) is 34.5 Å². The predicted octanol–water partition coefficient (Wildman–Crippen LogP) is 2.85. The van der Waals surface area contributed by atoms with Gasteiger partial charge in [0.25, 0.3) is 11.8 Å². The van der Waals surface area contributed by atoms with E-state index in [-0.39, 0.29) is 11.9 Å². The van der Waals surface area contributed by atoms with Crippen molar-refractivity contribution in [3.63, 3.8) is 0 Å². The lowest BCUT2D eigenvalue weighted by atomic mass is 10.1. The average Bonchev–Trinajstić information content (AvgIpc) is 3.64. The van der Waals surface area contributed by atoms with Crippen LogP contribution in [0.4, 0.5) is 11.5 Å². The fraction of sp³-hybridized carbons (Fsp3) is 0.444. The van der Waals surface area contributed by atoms with Gasteiger partial charge in [-0.05, 0) is 38.8 Å². The van der Waals surface area contributed by atoms with Gasteiger partial charge in [0.15, 0.2) is 5.82 Å². The number of anilines is 2. The van der Waals surface area contributed by atoms with Crippen molar-refractivity contribution < 1.29 is 19.0 Å². The highest BCUT2D eigenvalue weighted by molar-refractivity contribution is 6.13. The highest BCUT2D eigenvalue weighted by Crippen LogP contribution is 2.30. The number of piperazine rings is 1. The van der Waals surface area contributed by atoms with Gasteiger partial charge in [0, 0.05) is 62.4 Å². The van der Waals surface area contributed by atoms with Crippen molar-refractivity contribution in [2.75, 3.05) is 57.3 Å². The summed E-state index contributed by atoms with van der Waals surface area (Å²) in [6.45, 7) is 8.61. The molecule has 0 saturated carbocycles. The van der Waals surface area contributed by atoms with Crippen molar-refractivity contribution in [2.45, 2.75) is 32.7 Å². The topological polar surface area (TPSA) is 128 Å². The standard InChI is InChI=1S/C23H26N8O3.C4H8O/c1-13-10-30(8-7-24-13)17-6-5-15(19-16(17)9-25-23(29-19)34-4)21(32)27-18-12-31-11-14(2)26-20(31)22(28-18)33-3;1-2-4-5-3-1/h5-6,9,11-13,24H,7-8,10H2,1-4H3,(H,27,32);1-4H2. The minimum atomic E-state index is -0.350. The van der Waals surface area contributed by atoms with Gasteiger partial charge in [0.1, 0.15) is 0 Å². The van der Waals surface area contributed by atoms with Crippen molar-refractivity contribution in [1.29, 1.82) is 0 Å². The smallest absolute Gasteiger partial charge is 0.316 e. The minimum absolute atomic E-state index is 0.197. The summed E-state index contributed by atoms with van der Waals surface area (Å²) in [5.74, 6) is 0.306. The van der Waals surface area contributed by atoms with Gasteiger partial charge in [0.05, 0.1) is 37.2 Å². The second kappa shape index (κ2) is 11.8. The Hall–Kier alpha value is -4.03. The van der Waals surface area contributed by atoms with Gasteiger partial charge in [-0.2, -0.15) is 9.97 Å². The number of hydrogen-bond acceptors (Lipinski definition) is 10. The number of aryl methyl sites for hydroxylation is 1. The average molecular weight is 535 g/mol. The molecule has 1 aromatic carbocycles. The molecular weight excluding hydrogens is 500 g/mol. The van der Waals surface area contributed by atoms with E-state index in [0.717, 1.165) is 49.6 Å². The Morgan fingerprint density at radius 1 is 1.13 bits per heavy atom. The highest BCUT2D eigenvalue weighted by Gasteiger charge is 2.22. The molecule has 1 atom stereocenters. The second-order valence-electron chi connectivity index (χ2n) is 9.57. The lowest BCUT2D eigenvalue weighted by Crippen LogP contribution is -2.49. The summed E-state index contributed by atoms with van der Waals surface area (Å²) in [5.41, 5.74) is 3.29. The molecule has 2 aliphatic rings. The molecule has 0 spiro atoms. The number of benzene rings is 1. The maximum absolute atomic E-state index is 13.4. The number of nitrogens with zero attached hydrogens (tertiary/aromatic N) is 6. The molecule has 0 radical (unpaired) electrons. The molecule has 2 N–H and O–H groups in total. The molecule has 206 valence electrons. The molecule has 3 aromatic heterocycles. The zero-order chi connectivity index (χ0) is 27.4. The van der Waals surface area contributed by atoms with Crippen LogP contribution in [0.25, 0.3) is 16.6 Å².